The fourth-order valence-electron chi connectivity index (χ4n) is 2.01. The van der Waals surface area contributed by atoms with E-state index in [1.165, 1.54) is 0 Å². The summed E-state index contributed by atoms with van der Waals surface area (Å²) in [5, 5.41) is 10.4. The van der Waals surface area contributed by atoms with Crippen LogP contribution in [-0.2, 0) is 11.3 Å². The second kappa shape index (κ2) is 6.83. The molecule has 3 nitrogen and oxygen atoms in total. The van der Waals surface area contributed by atoms with Gasteiger partial charge >= 0.3 is 5.97 Å². The van der Waals surface area contributed by atoms with Crippen LogP contribution in [0.4, 0.5) is 5.69 Å². The topological polar surface area (TPSA) is 40.5 Å². The molecule has 0 saturated carbocycles. The number of aryl methyl sites for hydroxylation is 1. The molecule has 2 aromatic rings. The first-order valence-electron chi connectivity index (χ1n) is 6.43. The van der Waals surface area contributed by atoms with E-state index < -0.39 is 5.97 Å². The van der Waals surface area contributed by atoms with Gasteiger partial charge in [0.2, 0.25) is 0 Å². The van der Waals surface area contributed by atoms with Gasteiger partial charge in [-0.1, -0.05) is 35.3 Å². The Hall–Kier alpha value is -1.71. The molecule has 0 aromatic heterocycles. The smallest absolute Gasteiger partial charge is 0.323 e. The van der Waals surface area contributed by atoms with E-state index in [4.69, 9.17) is 28.3 Å². The number of aliphatic carboxylic acids is 1. The van der Waals surface area contributed by atoms with Gasteiger partial charge in [-0.3, -0.25) is 4.79 Å². The van der Waals surface area contributed by atoms with Crippen molar-refractivity contribution in [2.24, 2.45) is 0 Å². The van der Waals surface area contributed by atoms with Crippen molar-refractivity contribution in [1.82, 2.24) is 0 Å². The zero-order valence-electron chi connectivity index (χ0n) is 11.5. The number of benzene rings is 2. The first kappa shape index (κ1) is 15.7. The Bertz CT molecular complexity index is 641. The molecule has 0 amide bonds. The van der Waals surface area contributed by atoms with Gasteiger partial charge in [-0.05, 0) is 48.4 Å². The molecule has 110 valence electrons. The van der Waals surface area contributed by atoms with Crippen LogP contribution < -0.4 is 4.90 Å². The van der Waals surface area contributed by atoms with Crippen molar-refractivity contribution >= 4 is 34.9 Å². The Morgan fingerprint density at radius 3 is 2.38 bits per heavy atom. The SMILES string of the molecule is Cc1ccc(CN(CC(=O)O)c2ccc(Cl)cc2)cc1Cl. The lowest BCUT2D eigenvalue weighted by atomic mass is 10.1. The molecule has 1 N–H and O–H groups in total. The number of anilines is 1. The van der Waals surface area contributed by atoms with Gasteiger partial charge in [-0.2, -0.15) is 0 Å². The summed E-state index contributed by atoms with van der Waals surface area (Å²) in [5.41, 5.74) is 2.76. The number of halogens is 2. The summed E-state index contributed by atoms with van der Waals surface area (Å²) in [6, 6.07) is 12.8. The Kier molecular flexibility index (Phi) is 5.10. The number of hydrogen-bond acceptors (Lipinski definition) is 2. The summed E-state index contributed by atoms with van der Waals surface area (Å²) in [7, 11) is 0. The lowest BCUT2D eigenvalue weighted by Gasteiger charge is -2.23. The van der Waals surface area contributed by atoms with Gasteiger partial charge in [0.1, 0.15) is 6.54 Å². The maximum Gasteiger partial charge on any atom is 0.323 e. The molecule has 0 saturated heterocycles. The van der Waals surface area contributed by atoms with E-state index in [0.717, 1.165) is 16.8 Å². The minimum atomic E-state index is -0.886. The van der Waals surface area contributed by atoms with Crippen LogP contribution >= 0.6 is 23.2 Å². The van der Waals surface area contributed by atoms with Crippen molar-refractivity contribution in [3.05, 3.63) is 63.6 Å². The van der Waals surface area contributed by atoms with Gasteiger partial charge in [0.05, 0.1) is 0 Å². The number of carboxylic acids is 1. The van der Waals surface area contributed by atoms with Crippen molar-refractivity contribution in [3.63, 3.8) is 0 Å². The van der Waals surface area contributed by atoms with Crippen LogP contribution in [0, 0.1) is 6.92 Å². The van der Waals surface area contributed by atoms with E-state index >= 15 is 0 Å². The Morgan fingerprint density at radius 2 is 1.81 bits per heavy atom. The summed E-state index contributed by atoms with van der Waals surface area (Å²) in [6.07, 6.45) is 0. The fraction of sp³-hybridized carbons (Fsp3) is 0.188. The summed E-state index contributed by atoms with van der Waals surface area (Å²) in [6.45, 7) is 2.31. The summed E-state index contributed by atoms with van der Waals surface area (Å²) >= 11 is 12.0. The zero-order valence-corrected chi connectivity index (χ0v) is 13.0. The van der Waals surface area contributed by atoms with Crippen molar-refractivity contribution in [2.45, 2.75) is 13.5 Å². The fourth-order valence-corrected chi connectivity index (χ4v) is 2.34. The number of nitrogens with zero attached hydrogens (tertiary/aromatic N) is 1. The quantitative estimate of drug-likeness (QED) is 0.886. The van der Waals surface area contributed by atoms with Crippen LogP contribution in [-0.4, -0.2) is 17.6 Å². The van der Waals surface area contributed by atoms with Crippen LogP contribution in [0.25, 0.3) is 0 Å². The highest BCUT2D eigenvalue weighted by Crippen LogP contribution is 2.22. The third kappa shape index (κ3) is 4.38. The molecule has 0 heterocycles. The van der Waals surface area contributed by atoms with Gasteiger partial charge in [0.25, 0.3) is 0 Å². The van der Waals surface area contributed by atoms with Crippen LogP contribution in [0.15, 0.2) is 42.5 Å². The maximum atomic E-state index is 11.1. The van der Waals surface area contributed by atoms with Gasteiger partial charge in [-0.25, -0.2) is 0 Å². The molecule has 2 aromatic carbocycles. The molecule has 0 radical (unpaired) electrons. The predicted molar refractivity (Wildman–Crippen MR) is 86.3 cm³/mol. The molecule has 0 aliphatic heterocycles. The average molecular weight is 324 g/mol. The van der Waals surface area contributed by atoms with E-state index in [-0.39, 0.29) is 6.54 Å². The number of hydrogen-bond donors (Lipinski definition) is 1. The molecule has 21 heavy (non-hydrogen) atoms. The maximum absolute atomic E-state index is 11.1. The van der Waals surface area contributed by atoms with Gasteiger partial charge in [-0.15, -0.1) is 0 Å². The second-order valence-electron chi connectivity index (χ2n) is 4.81. The van der Waals surface area contributed by atoms with Gasteiger partial charge < -0.3 is 10.0 Å². The van der Waals surface area contributed by atoms with Crippen LogP contribution in [0.2, 0.25) is 10.0 Å². The molecule has 0 aliphatic carbocycles. The highest BCUT2D eigenvalue weighted by Gasteiger charge is 2.12. The standard InChI is InChI=1S/C16H15Cl2NO2/c1-11-2-3-12(8-15(11)18)9-19(10-16(20)21)14-6-4-13(17)5-7-14/h2-8H,9-10H2,1H3,(H,20,21). The Morgan fingerprint density at radius 1 is 1.14 bits per heavy atom. The molecule has 0 unspecified atom stereocenters. The first-order chi connectivity index (χ1) is 9.95. The largest absolute Gasteiger partial charge is 0.480 e. The molecule has 0 aliphatic rings. The molecule has 0 atom stereocenters. The molecular weight excluding hydrogens is 309 g/mol. The highest BCUT2D eigenvalue weighted by molar-refractivity contribution is 6.31. The molecular formula is C16H15Cl2NO2. The lowest BCUT2D eigenvalue weighted by molar-refractivity contribution is -0.135. The molecule has 2 rings (SSSR count). The van der Waals surface area contributed by atoms with Gasteiger partial charge in [0, 0.05) is 22.3 Å². The van der Waals surface area contributed by atoms with E-state index in [1.807, 2.05) is 25.1 Å². The monoisotopic (exact) mass is 323 g/mol. The predicted octanol–water partition coefficient (Wildman–Crippen LogP) is 4.39. The lowest BCUT2D eigenvalue weighted by Crippen LogP contribution is -2.29. The van der Waals surface area contributed by atoms with Crippen molar-refractivity contribution in [3.8, 4) is 0 Å². The number of carboxylic acid groups (broad SMARTS) is 1. The normalized spacial score (nSPS) is 10.4. The third-order valence-corrected chi connectivity index (χ3v) is 3.79. The summed E-state index contributed by atoms with van der Waals surface area (Å²) in [5.74, 6) is -0.886. The number of rotatable bonds is 5. The first-order valence-corrected chi connectivity index (χ1v) is 7.18. The summed E-state index contributed by atoms with van der Waals surface area (Å²) in [4.78, 5) is 12.8. The van der Waals surface area contributed by atoms with Crippen LogP contribution in [0.3, 0.4) is 0 Å². The van der Waals surface area contributed by atoms with Crippen LogP contribution in [0.5, 0.6) is 0 Å². The van der Waals surface area contributed by atoms with E-state index in [0.29, 0.717) is 16.6 Å². The molecule has 0 spiro atoms. The molecule has 0 bridgehead atoms. The highest BCUT2D eigenvalue weighted by atomic mass is 35.5. The minimum absolute atomic E-state index is 0.0902. The summed E-state index contributed by atoms with van der Waals surface area (Å²) < 4.78 is 0. The van der Waals surface area contributed by atoms with E-state index in [2.05, 4.69) is 0 Å². The average Bonchev–Trinajstić information content (AvgIpc) is 2.42. The molecule has 5 heteroatoms. The van der Waals surface area contributed by atoms with E-state index in [9.17, 15) is 4.79 Å². The van der Waals surface area contributed by atoms with Crippen molar-refractivity contribution in [1.29, 1.82) is 0 Å². The van der Waals surface area contributed by atoms with Gasteiger partial charge in [0.15, 0.2) is 0 Å². The zero-order chi connectivity index (χ0) is 15.4. The minimum Gasteiger partial charge on any atom is -0.480 e. The van der Waals surface area contributed by atoms with E-state index in [1.54, 1.807) is 29.2 Å². The second-order valence-corrected chi connectivity index (χ2v) is 5.65. The van der Waals surface area contributed by atoms with Crippen molar-refractivity contribution < 1.29 is 9.90 Å². The van der Waals surface area contributed by atoms with Crippen molar-refractivity contribution in [2.75, 3.05) is 11.4 Å². The Balaban J connectivity index is 2.25. The molecule has 0 fully saturated rings. The van der Waals surface area contributed by atoms with Crippen LogP contribution in [0.1, 0.15) is 11.1 Å². The number of carbonyl (C=O) groups is 1. The third-order valence-electron chi connectivity index (χ3n) is 3.13. The Labute approximate surface area is 133 Å².